The van der Waals surface area contributed by atoms with Gasteiger partial charge in [0.25, 0.3) is 11.8 Å². The van der Waals surface area contributed by atoms with Crippen LogP contribution in [0.5, 0.6) is 5.75 Å². The maximum Gasteiger partial charge on any atom is 0.261 e. The summed E-state index contributed by atoms with van der Waals surface area (Å²) in [5.41, 5.74) is 3.19. The minimum Gasteiger partial charge on any atom is -0.491 e. The highest BCUT2D eigenvalue weighted by Crippen LogP contribution is 2.46. The number of rotatable bonds is 9. The molecular formula is C34H33NO7. The number of benzene rings is 3. The Morgan fingerprint density at radius 3 is 2.19 bits per heavy atom. The minimum absolute atomic E-state index is 0.0603. The normalized spacial score (nSPS) is 23.0. The zero-order valence-corrected chi connectivity index (χ0v) is 23.8. The van der Waals surface area contributed by atoms with Gasteiger partial charge in [0, 0.05) is 24.0 Å². The molecule has 42 heavy (non-hydrogen) atoms. The Morgan fingerprint density at radius 1 is 0.905 bits per heavy atom. The van der Waals surface area contributed by atoms with E-state index in [0.29, 0.717) is 53.9 Å². The number of ketones is 2. The lowest BCUT2D eigenvalue weighted by molar-refractivity contribution is -0.199. The van der Waals surface area contributed by atoms with Gasteiger partial charge in [-0.3, -0.25) is 24.1 Å². The predicted octanol–water partition coefficient (Wildman–Crippen LogP) is 5.37. The summed E-state index contributed by atoms with van der Waals surface area (Å²) in [7, 11) is 0. The maximum atomic E-state index is 13.4. The number of carbonyl (C=O) groups is 4. The molecule has 0 radical (unpaired) electrons. The number of hydrogen-bond acceptors (Lipinski definition) is 7. The molecule has 8 nitrogen and oxygen atoms in total. The van der Waals surface area contributed by atoms with Crippen molar-refractivity contribution in [3.05, 3.63) is 100 Å². The van der Waals surface area contributed by atoms with Gasteiger partial charge in [0.2, 0.25) is 0 Å². The van der Waals surface area contributed by atoms with Crippen LogP contribution in [-0.2, 0) is 14.9 Å². The minimum atomic E-state index is -0.531. The maximum absolute atomic E-state index is 13.4. The molecule has 216 valence electrons. The smallest absolute Gasteiger partial charge is 0.261 e. The van der Waals surface area contributed by atoms with E-state index in [9.17, 15) is 19.2 Å². The molecule has 3 aliphatic rings. The summed E-state index contributed by atoms with van der Waals surface area (Å²) in [6.07, 6.45) is 1.04. The molecule has 0 spiro atoms. The van der Waals surface area contributed by atoms with E-state index >= 15 is 0 Å². The monoisotopic (exact) mass is 567 g/mol. The third-order valence-corrected chi connectivity index (χ3v) is 8.53. The van der Waals surface area contributed by atoms with Crippen LogP contribution in [0.15, 0.2) is 66.7 Å². The van der Waals surface area contributed by atoms with Crippen LogP contribution < -0.4 is 4.74 Å². The highest BCUT2D eigenvalue weighted by Gasteiger charge is 2.42. The number of imide groups is 1. The van der Waals surface area contributed by atoms with Gasteiger partial charge in [-0.1, -0.05) is 49.4 Å². The van der Waals surface area contributed by atoms with Gasteiger partial charge in [-0.25, -0.2) is 0 Å². The zero-order chi connectivity index (χ0) is 29.4. The number of fused-ring (bicyclic) bond motifs is 2. The number of nitrogens with zero attached hydrogens (tertiary/aromatic N) is 1. The quantitative estimate of drug-likeness (QED) is 0.253. The second kappa shape index (κ2) is 11.3. The topological polar surface area (TPSA) is 99.2 Å². The third kappa shape index (κ3) is 4.84. The first-order valence-electron chi connectivity index (χ1n) is 14.4. The first-order chi connectivity index (χ1) is 20.3. The molecule has 2 amide bonds. The van der Waals surface area contributed by atoms with Crippen molar-refractivity contribution in [3.63, 3.8) is 0 Å². The predicted molar refractivity (Wildman–Crippen MR) is 154 cm³/mol. The Hall–Kier alpha value is -4.14. The number of carbonyl (C=O) groups excluding carboxylic acids is 4. The Morgan fingerprint density at radius 2 is 1.55 bits per heavy atom. The van der Waals surface area contributed by atoms with E-state index in [0.717, 1.165) is 11.1 Å². The highest BCUT2D eigenvalue weighted by molar-refractivity contribution is 6.21. The van der Waals surface area contributed by atoms with E-state index < -0.39 is 17.7 Å². The van der Waals surface area contributed by atoms with Gasteiger partial charge in [-0.15, -0.1) is 0 Å². The summed E-state index contributed by atoms with van der Waals surface area (Å²) in [5.74, 6) is -0.219. The van der Waals surface area contributed by atoms with Crippen LogP contribution in [0.25, 0.3) is 0 Å². The summed E-state index contributed by atoms with van der Waals surface area (Å²) in [6, 6.07) is 19.8. The van der Waals surface area contributed by atoms with Crippen LogP contribution in [0.4, 0.5) is 0 Å². The molecule has 3 heterocycles. The fraction of sp³-hybridized carbons (Fsp3) is 0.353. The van der Waals surface area contributed by atoms with Crippen LogP contribution in [0, 0.1) is 0 Å². The van der Waals surface area contributed by atoms with Crippen LogP contribution >= 0.6 is 0 Å². The second-order valence-corrected chi connectivity index (χ2v) is 11.3. The molecule has 3 aromatic carbocycles. The summed E-state index contributed by atoms with van der Waals surface area (Å²) in [6.45, 7) is 4.63. The number of amides is 2. The van der Waals surface area contributed by atoms with Crippen LogP contribution in [-0.4, -0.2) is 60.4 Å². The van der Waals surface area contributed by atoms with Crippen LogP contribution in [0.3, 0.4) is 0 Å². The molecule has 0 aliphatic carbocycles. The molecule has 1 saturated heterocycles. The Labute approximate surface area is 244 Å². The molecular weight excluding hydrogens is 534 g/mol. The first-order valence-corrected chi connectivity index (χ1v) is 14.4. The lowest BCUT2D eigenvalue weighted by Crippen LogP contribution is -2.49. The van der Waals surface area contributed by atoms with Crippen LogP contribution in [0.1, 0.15) is 92.1 Å². The number of ether oxygens (including phenoxy) is 3. The zero-order valence-electron chi connectivity index (χ0n) is 23.8. The van der Waals surface area contributed by atoms with Crippen LogP contribution in [0.2, 0.25) is 0 Å². The standard InChI is InChI=1S/C34H33NO7/c1-3-28(36)26-16-21(17-27-31(26)42-20-34(27,2)22-10-5-4-6-11-22)29(37)14-9-15-30-40-18-23(19-41-30)35-32(38)24-12-7-8-13-25(24)33(35)39/h4-8,10-13,16-17,23,30H,3,9,14-15,18-20H2,1-2H3/t23?,30?,34-/m0/s1. The molecule has 3 aromatic rings. The van der Waals surface area contributed by atoms with E-state index in [2.05, 4.69) is 6.92 Å². The van der Waals surface area contributed by atoms with Crippen molar-refractivity contribution < 1.29 is 33.4 Å². The Bertz CT molecular complexity index is 1520. The molecule has 0 aromatic heterocycles. The van der Waals surface area contributed by atoms with Crippen molar-refractivity contribution in [2.45, 2.75) is 57.3 Å². The van der Waals surface area contributed by atoms with E-state index in [1.54, 1.807) is 37.3 Å². The molecule has 1 atom stereocenters. The average Bonchev–Trinajstić information content (AvgIpc) is 3.51. The summed E-state index contributed by atoms with van der Waals surface area (Å²) < 4.78 is 17.8. The van der Waals surface area contributed by atoms with E-state index in [1.165, 1.54) is 4.90 Å². The van der Waals surface area contributed by atoms with Crippen molar-refractivity contribution >= 4 is 23.4 Å². The lowest BCUT2D eigenvalue weighted by atomic mass is 9.76. The lowest BCUT2D eigenvalue weighted by Gasteiger charge is -2.33. The summed E-state index contributed by atoms with van der Waals surface area (Å²) in [4.78, 5) is 53.0. The van der Waals surface area contributed by atoms with Crippen molar-refractivity contribution in [1.29, 1.82) is 0 Å². The third-order valence-electron chi connectivity index (χ3n) is 8.53. The Balaban J connectivity index is 1.09. The number of hydrogen-bond donors (Lipinski definition) is 0. The van der Waals surface area contributed by atoms with Crippen molar-refractivity contribution in [3.8, 4) is 5.75 Å². The van der Waals surface area contributed by atoms with Gasteiger partial charge in [-0.05, 0) is 49.6 Å². The SMILES string of the molecule is CCC(=O)c1cc(C(=O)CCCC2OCC(N3C(=O)c4ccccc4C3=O)CO2)cc2c1OC[C@@]2(C)c1ccccc1. The molecule has 0 bridgehead atoms. The van der Waals surface area contributed by atoms with Crippen molar-refractivity contribution in [2.75, 3.05) is 19.8 Å². The molecule has 8 heteroatoms. The molecule has 3 aliphatic heterocycles. The van der Waals surface area contributed by atoms with Gasteiger partial charge >= 0.3 is 0 Å². The molecule has 1 fully saturated rings. The number of Topliss-reactive ketones (excluding diaryl/α,β-unsaturated/α-hetero) is 2. The fourth-order valence-electron chi connectivity index (χ4n) is 6.05. The van der Waals surface area contributed by atoms with Crippen molar-refractivity contribution in [2.24, 2.45) is 0 Å². The van der Waals surface area contributed by atoms with E-state index in [-0.39, 0.29) is 43.0 Å². The van der Waals surface area contributed by atoms with Crippen molar-refractivity contribution in [1.82, 2.24) is 4.90 Å². The largest absolute Gasteiger partial charge is 0.491 e. The fourth-order valence-corrected chi connectivity index (χ4v) is 6.05. The summed E-state index contributed by atoms with van der Waals surface area (Å²) >= 11 is 0. The van der Waals surface area contributed by atoms with Gasteiger partial charge < -0.3 is 14.2 Å². The average molecular weight is 568 g/mol. The van der Waals surface area contributed by atoms with Gasteiger partial charge in [0.1, 0.15) is 12.4 Å². The Kier molecular flexibility index (Phi) is 7.51. The van der Waals surface area contributed by atoms with Gasteiger partial charge in [-0.2, -0.15) is 0 Å². The van der Waals surface area contributed by atoms with E-state index in [1.807, 2.05) is 36.4 Å². The van der Waals surface area contributed by atoms with Gasteiger partial charge in [0.15, 0.2) is 17.9 Å². The second-order valence-electron chi connectivity index (χ2n) is 11.3. The highest BCUT2D eigenvalue weighted by atomic mass is 16.7. The van der Waals surface area contributed by atoms with Gasteiger partial charge in [0.05, 0.1) is 41.4 Å². The van der Waals surface area contributed by atoms with E-state index in [4.69, 9.17) is 14.2 Å². The molecule has 6 rings (SSSR count). The molecule has 0 unspecified atom stereocenters. The molecule has 0 N–H and O–H groups in total. The summed E-state index contributed by atoms with van der Waals surface area (Å²) in [5, 5.41) is 0. The molecule has 0 saturated carbocycles. The first kappa shape index (κ1) is 28.0.